The Morgan fingerprint density at radius 3 is 2.17 bits per heavy atom. The molecule has 2 aliphatic heterocycles. The Hall–Kier alpha value is -2.33. The zero-order valence-corrected chi connectivity index (χ0v) is 25.0. The van der Waals surface area contributed by atoms with Crippen LogP contribution in [0.5, 0.6) is 0 Å². The summed E-state index contributed by atoms with van der Waals surface area (Å²) in [7, 11) is 0. The minimum Gasteiger partial charge on any atom is -0.394 e. The SMILES string of the molecule is CCCC1(CCC)OC2[C@@H](O1)[C@@H](CO)O[C@H]2n1cc(F)c(=O)n(C/C=C(\C)CC/C=C(\C)CCC=C(C)C)c1=O. The van der Waals surface area contributed by atoms with E-state index in [4.69, 9.17) is 14.2 Å². The molecule has 1 aromatic rings. The monoisotopic (exact) mass is 562 g/mol. The van der Waals surface area contributed by atoms with Gasteiger partial charge in [-0.25, -0.2) is 4.79 Å². The van der Waals surface area contributed by atoms with Crippen molar-refractivity contribution in [2.75, 3.05) is 6.61 Å². The predicted molar refractivity (Wildman–Crippen MR) is 154 cm³/mol. The highest BCUT2D eigenvalue weighted by molar-refractivity contribution is 5.07. The Morgan fingerprint density at radius 2 is 1.57 bits per heavy atom. The molecule has 0 bridgehead atoms. The standard InChI is InChI=1S/C31H47FN2O6/c1-7-16-31(17-8-2)39-26-25(20-35)38-29(27(26)40-31)34-19-24(32)28(36)33(30(34)37)18-15-23(6)14-10-13-22(5)12-9-11-21(3)4/h11,13,15,19,25-27,29,35H,7-10,12,14,16-18,20H2,1-6H3/b22-13+,23-15+/t25-,26+,27?,29-/m1/s1. The smallest absolute Gasteiger partial charge is 0.333 e. The first-order valence-corrected chi connectivity index (χ1v) is 14.6. The minimum absolute atomic E-state index is 0.0538. The summed E-state index contributed by atoms with van der Waals surface area (Å²) in [5.41, 5.74) is 1.97. The molecule has 2 fully saturated rings. The van der Waals surface area contributed by atoms with Crippen LogP contribution in [0.15, 0.2) is 50.7 Å². The topological polar surface area (TPSA) is 91.9 Å². The Labute approximate surface area is 237 Å². The van der Waals surface area contributed by atoms with Crippen LogP contribution in [0.25, 0.3) is 0 Å². The quantitative estimate of drug-likeness (QED) is 0.300. The summed E-state index contributed by atoms with van der Waals surface area (Å²) in [6.07, 6.45) is 10.6. The summed E-state index contributed by atoms with van der Waals surface area (Å²) in [6, 6.07) is 0. The van der Waals surface area contributed by atoms with Crippen molar-refractivity contribution in [2.24, 2.45) is 0 Å². The lowest BCUT2D eigenvalue weighted by molar-refractivity contribution is -0.227. The zero-order chi connectivity index (χ0) is 29.4. The van der Waals surface area contributed by atoms with Gasteiger partial charge in [-0.05, 0) is 53.4 Å². The highest BCUT2D eigenvalue weighted by Crippen LogP contribution is 2.46. The molecular weight excluding hydrogens is 515 g/mol. The van der Waals surface area contributed by atoms with Crippen molar-refractivity contribution in [1.82, 2.24) is 9.13 Å². The Kier molecular flexibility index (Phi) is 11.7. The van der Waals surface area contributed by atoms with E-state index < -0.39 is 47.4 Å². The molecule has 2 saturated heterocycles. The maximum atomic E-state index is 14.9. The van der Waals surface area contributed by atoms with Crippen LogP contribution in [-0.2, 0) is 20.8 Å². The van der Waals surface area contributed by atoms with E-state index in [0.29, 0.717) is 12.8 Å². The molecule has 1 aromatic heterocycles. The summed E-state index contributed by atoms with van der Waals surface area (Å²) in [4.78, 5) is 26.1. The lowest BCUT2D eigenvalue weighted by Gasteiger charge is -2.31. The number of aliphatic hydroxyl groups excluding tert-OH is 1. The highest BCUT2D eigenvalue weighted by atomic mass is 19.1. The van der Waals surface area contributed by atoms with Crippen molar-refractivity contribution in [3.05, 3.63) is 67.8 Å². The van der Waals surface area contributed by atoms with Gasteiger partial charge in [-0.1, -0.05) is 61.6 Å². The zero-order valence-electron chi connectivity index (χ0n) is 25.0. The summed E-state index contributed by atoms with van der Waals surface area (Å²) in [6.45, 7) is 11.9. The Morgan fingerprint density at radius 1 is 0.975 bits per heavy atom. The van der Waals surface area contributed by atoms with Crippen molar-refractivity contribution in [3.63, 3.8) is 0 Å². The molecule has 1 unspecified atom stereocenters. The summed E-state index contributed by atoms with van der Waals surface area (Å²) < 4.78 is 35.4. The molecule has 224 valence electrons. The molecular formula is C31H47FN2O6. The molecule has 4 atom stereocenters. The van der Waals surface area contributed by atoms with Crippen molar-refractivity contribution in [1.29, 1.82) is 0 Å². The lowest BCUT2D eigenvalue weighted by atomic mass is 10.1. The number of aromatic nitrogens is 2. The third-order valence-electron chi connectivity index (χ3n) is 7.60. The van der Waals surface area contributed by atoms with Crippen LogP contribution >= 0.6 is 0 Å². The molecule has 0 saturated carbocycles. The largest absolute Gasteiger partial charge is 0.394 e. The van der Waals surface area contributed by atoms with Crippen LogP contribution in [0.3, 0.4) is 0 Å². The van der Waals surface area contributed by atoms with E-state index in [9.17, 15) is 19.1 Å². The molecule has 2 aliphatic rings. The number of hydrogen-bond acceptors (Lipinski definition) is 6. The van der Waals surface area contributed by atoms with Gasteiger partial charge >= 0.3 is 5.69 Å². The summed E-state index contributed by atoms with van der Waals surface area (Å²) in [5, 5.41) is 9.95. The van der Waals surface area contributed by atoms with Crippen LogP contribution in [-0.4, -0.2) is 44.9 Å². The molecule has 0 radical (unpaired) electrons. The number of ether oxygens (including phenoxy) is 3. The molecule has 9 heteroatoms. The Balaban J connectivity index is 1.78. The molecule has 3 heterocycles. The van der Waals surface area contributed by atoms with E-state index in [1.807, 2.05) is 20.8 Å². The summed E-state index contributed by atoms with van der Waals surface area (Å²) in [5.74, 6) is -1.90. The first-order valence-electron chi connectivity index (χ1n) is 14.6. The number of rotatable bonds is 14. The average Bonchev–Trinajstić information content (AvgIpc) is 3.41. The van der Waals surface area contributed by atoms with Gasteiger partial charge in [0.05, 0.1) is 12.8 Å². The Bertz CT molecular complexity index is 1200. The second-order valence-electron chi connectivity index (χ2n) is 11.4. The number of hydrogen-bond donors (Lipinski definition) is 1. The third kappa shape index (κ3) is 7.69. The van der Waals surface area contributed by atoms with E-state index in [1.54, 1.807) is 6.08 Å². The number of nitrogens with zero attached hydrogens (tertiary/aromatic N) is 2. The first kappa shape index (κ1) is 32.2. The summed E-state index contributed by atoms with van der Waals surface area (Å²) >= 11 is 0. The minimum atomic E-state index is -1.06. The third-order valence-corrected chi connectivity index (χ3v) is 7.60. The average molecular weight is 563 g/mol. The van der Waals surface area contributed by atoms with Gasteiger partial charge in [-0.3, -0.25) is 13.9 Å². The van der Waals surface area contributed by atoms with Crippen LogP contribution in [0.2, 0.25) is 0 Å². The number of fused-ring (bicyclic) bond motifs is 1. The molecule has 3 rings (SSSR count). The van der Waals surface area contributed by atoms with Crippen molar-refractivity contribution in [2.45, 2.75) is 130 Å². The normalized spacial score (nSPS) is 24.4. The van der Waals surface area contributed by atoms with E-state index in [2.05, 4.69) is 32.9 Å². The van der Waals surface area contributed by atoms with Gasteiger partial charge in [-0.15, -0.1) is 0 Å². The van der Waals surface area contributed by atoms with Gasteiger partial charge in [0.15, 0.2) is 12.0 Å². The predicted octanol–water partition coefficient (Wildman–Crippen LogP) is 5.54. The fourth-order valence-corrected chi connectivity index (χ4v) is 5.51. The van der Waals surface area contributed by atoms with E-state index >= 15 is 0 Å². The molecule has 0 amide bonds. The lowest BCUT2D eigenvalue weighted by Crippen LogP contribution is -2.44. The highest BCUT2D eigenvalue weighted by Gasteiger charge is 2.58. The van der Waals surface area contributed by atoms with Crippen LogP contribution < -0.4 is 11.2 Å². The first-order chi connectivity index (χ1) is 19.1. The van der Waals surface area contributed by atoms with Gasteiger partial charge < -0.3 is 19.3 Å². The molecule has 40 heavy (non-hydrogen) atoms. The van der Waals surface area contributed by atoms with Gasteiger partial charge in [0.2, 0.25) is 5.82 Å². The number of aliphatic hydroxyl groups is 1. The second-order valence-corrected chi connectivity index (χ2v) is 11.4. The fraction of sp³-hybridized carbons (Fsp3) is 0.677. The molecule has 0 aliphatic carbocycles. The van der Waals surface area contributed by atoms with E-state index in [0.717, 1.165) is 59.4 Å². The van der Waals surface area contributed by atoms with Crippen molar-refractivity contribution < 1.29 is 23.7 Å². The van der Waals surface area contributed by atoms with Gasteiger partial charge in [0, 0.05) is 19.4 Å². The molecule has 0 spiro atoms. The maximum Gasteiger partial charge on any atom is 0.333 e. The van der Waals surface area contributed by atoms with Crippen LogP contribution in [0.4, 0.5) is 4.39 Å². The van der Waals surface area contributed by atoms with Gasteiger partial charge in [0.1, 0.15) is 18.3 Å². The van der Waals surface area contributed by atoms with Gasteiger partial charge in [-0.2, -0.15) is 4.39 Å². The number of allylic oxidation sites excluding steroid dienone is 6. The van der Waals surface area contributed by atoms with Gasteiger partial charge in [0.25, 0.3) is 5.56 Å². The second kappa shape index (κ2) is 14.5. The molecule has 0 aromatic carbocycles. The molecule has 1 N–H and O–H groups in total. The molecule has 8 nitrogen and oxygen atoms in total. The fourth-order valence-electron chi connectivity index (χ4n) is 5.51. The van der Waals surface area contributed by atoms with E-state index in [-0.39, 0.29) is 13.2 Å². The number of halogens is 1. The van der Waals surface area contributed by atoms with Crippen molar-refractivity contribution in [3.8, 4) is 0 Å². The van der Waals surface area contributed by atoms with Crippen LogP contribution in [0, 0.1) is 5.82 Å². The van der Waals surface area contributed by atoms with Crippen molar-refractivity contribution >= 4 is 0 Å². The van der Waals surface area contributed by atoms with Crippen LogP contribution in [0.1, 0.15) is 99.1 Å². The van der Waals surface area contributed by atoms with E-state index in [1.165, 1.54) is 11.1 Å². The maximum absolute atomic E-state index is 14.9.